The largest absolute Gasteiger partial charge is 0.461 e. The van der Waals surface area contributed by atoms with Crippen molar-refractivity contribution in [3.05, 3.63) is 0 Å². The fraction of sp³-hybridized carbons (Fsp3) is 0.943. The molecule has 0 aromatic carbocycles. The van der Waals surface area contributed by atoms with Gasteiger partial charge in [0.2, 0.25) is 0 Å². The number of alkyl halides is 2. The summed E-state index contributed by atoms with van der Waals surface area (Å²) in [6, 6.07) is 0.0488. The van der Waals surface area contributed by atoms with Crippen LogP contribution in [-0.2, 0) is 14.3 Å². The SMILES string of the molecule is C[C@@H]1CC[C@@]23CCC(=O)[C@H]2[C@]1(C)[C@H](OC(=O)CSC1CCCC(NCC(F)F)C1)C[C@](C)(CNCCCCCCN)[C@@H](O)[C@@H]3C. The number of carbonyl (C=O) groups is 2. The lowest BCUT2D eigenvalue weighted by Gasteiger charge is -2.62. The van der Waals surface area contributed by atoms with Crippen LogP contribution in [0.1, 0.15) is 111 Å². The van der Waals surface area contributed by atoms with Crippen LogP contribution in [0.4, 0.5) is 8.78 Å². The van der Waals surface area contributed by atoms with Crippen molar-refractivity contribution in [3.63, 3.8) is 0 Å². The predicted octanol–water partition coefficient (Wildman–Crippen LogP) is 5.71. The fourth-order valence-corrected chi connectivity index (χ4v) is 10.9. The zero-order valence-electron chi connectivity index (χ0n) is 28.3. The van der Waals surface area contributed by atoms with E-state index in [9.17, 15) is 23.5 Å². The molecule has 0 heterocycles. The minimum atomic E-state index is -2.37. The van der Waals surface area contributed by atoms with Crippen molar-refractivity contribution in [2.45, 2.75) is 141 Å². The van der Waals surface area contributed by atoms with Gasteiger partial charge >= 0.3 is 5.97 Å². The summed E-state index contributed by atoms with van der Waals surface area (Å²) in [6.45, 7) is 10.6. The van der Waals surface area contributed by atoms with Gasteiger partial charge in [0.1, 0.15) is 11.9 Å². The van der Waals surface area contributed by atoms with Crippen LogP contribution < -0.4 is 16.4 Å². The van der Waals surface area contributed by atoms with E-state index in [4.69, 9.17) is 10.5 Å². The molecule has 10 atom stereocenters. The number of aliphatic hydroxyl groups excluding tert-OH is 1. The highest BCUT2D eigenvalue weighted by molar-refractivity contribution is 8.00. The van der Waals surface area contributed by atoms with Crippen LogP contribution in [0.2, 0.25) is 0 Å². The van der Waals surface area contributed by atoms with E-state index in [-0.39, 0.29) is 58.5 Å². The molecule has 2 unspecified atom stereocenters. The van der Waals surface area contributed by atoms with Gasteiger partial charge in [-0.05, 0) is 88.1 Å². The lowest BCUT2D eigenvalue weighted by Crippen LogP contribution is -2.64. The monoisotopic (exact) mass is 657 g/mol. The van der Waals surface area contributed by atoms with E-state index in [0.29, 0.717) is 19.4 Å². The number of halogens is 2. The van der Waals surface area contributed by atoms with Gasteiger partial charge in [-0.1, -0.05) is 47.0 Å². The molecular weight excluding hydrogens is 596 g/mol. The molecule has 260 valence electrons. The Balaban J connectivity index is 1.51. The van der Waals surface area contributed by atoms with Crippen molar-refractivity contribution >= 4 is 23.5 Å². The molecule has 4 fully saturated rings. The number of carbonyl (C=O) groups excluding carboxylic acids is 2. The normalized spacial score (nSPS) is 40.2. The Morgan fingerprint density at radius 2 is 1.89 bits per heavy atom. The number of nitrogens with one attached hydrogen (secondary N) is 2. The first-order valence-electron chi connectivity index (χ1n) is 17.8. The third-order valence-corrected chi connectivity index (χ3v) is 13.9. The minimum absolute atomic E-state index is 0.0396. The number of rotatable bonds is 15. The smallest absolute Gasteiger partial charge is 0.316 e. The van der Waals surface area contributed by atoms with E-state index in [2.05, 4.69) is 38.3 Å². The molecule has 0 radical (unpaired) electrons. The number of ether oxygens (including phenoxy) is 1. The summed E-state index contributed by atoms with van der Waals surface area (Å²) in [6.07, 6.45) is 8.07. The maximum atomic E-state index is 13.8. The summed E-state index contributed by atoms with van der Waals surface area (Å²) in [7, 11) is 0. The molecule has 4 saturated carbocycles. The highest BCUT2D eigenvalue weighted by Gasteiger charge is 2.68. The molecular formula is C35H61F2N3O4S. The zero-order valence-corrected chi connectivity index (χ0v) is 29.1. The van der Waals surface area contributed by atoms with E-state index in [1.54, 1.807) is 11.8 Å². The number of Topliss-reactive ketones (excluding diaryl/α,β-unsaturated/α-hetero) is 1. The summed E-state index contributed by atoms with van der Waals surface area (Å²) in [5.41, 5.74) is 4.31. The number of nitrogens with two attached hydrogens (primary N) is 1. The lowest BCUT2D eigenvalue weighted by molar-refractivity contribution is -0.210. The van der Waals surface area contributed by atoms with E-state index in [1.165, 1.54) is 0 Å². The number of thioether (sulfide) groups is 1. The van der Waals surface area contributed by atoms with Crippen molar-refractivity contribution in [3.8, 4) is 0 Å². The van der Waals surface area contributed by atoms with Gasteiger partial charge in [0.15, 0.2) is 0 Å². The van der Waals surface area contributed by atoms with E-state index in [0.717, 1.165) is 83.7 Å². The molecule has 0 saturated heterocycles. The highest BCUT2D eigenvalue weighted by atomic mass is 32.2. The quantitative estimate of drug-likeness (QED) is 0.131. The average Bonchev–Trinajstić information content (AvgIpc) is 3.37. The molecule has 4 rings (SSSR count). The molecule has 7 nitrogen and oxygen atoms in total. The van der Waals surface area contributed by atoms with E-state index >= 15 is 0 Å². The van der Waals surface area contributed by atoms with Crippen LogP contribution in [0.25, 0.3) is 0 Å². The first-order chi connectivity index (χ1) is 21.4. The fourth-order valence-electron chi connectivity index (χ4n) is 9.77. The number of esters is 1. The Hall–Kier alpha value is -0.810. The Morgan fingerprint density at radius 1 is 1.13 bits per heavy atom. The number of hydrogen-bond donors (Lipinski definition) is 4. The van der Waals surface area contributed by atoms with E-state index in [1.807, 2.05) is 0 Å². The predicted molar refractivity (Wildman–Crippen MR) is 177 cm³/mol. The van der Waals surface area contributed by atoms with Crippen molar-refractivity contribution in [1.29, 1.82) is 0 Å². The molecule has 0 aliphatic heterocycles. The number of ketones is 1. The Bertz CT molecular complexity index is 993. The second-order valence-corrected chi connectivity index (χ2v) is 16.8. The summed E-state index contributed by atoms with van der Waals surface area (Å²) < 4.78 is 32.0. The van der Waals surface area contributed by atoms with Gasteiger partial charge in [0.25, 0.3) is 6.43 Å². The second kappa shape index (κ2) is 16.1. The van der Waals surface area contributed by atoms with Crippen LogP contribution in [-0.4, -0.2) is 78.7 Å². The molecule has 4 aliphatic rings. The van der Waals surface area contributed by atoms with Crippen molar-refractivity contribution < 1.29 is 28.2 Å². The molecule has 45 heavy (non-hydrogen) atoms. The van der Waals surface area contributed by atoms with Crippen LogP contribution in [0.15, 0.2) is 0 Å². The standard InChI is InChI=1S/C35H61F2N3O4S/c1-23-12-14-35-15-13-27(41)31(35)34(23,4)28(19-33(3,32(43)24(35)2)22-39-17-8-6-5-7-16-38)44-30(42)21-45-26-11-9-10-25(18-26)40-20-29(36)37/h23-26,28-29,31-32,39-40,43H,5-22,38H2,1-4H3/t23-,24+,25?,26?,28-,31+,32+,33-,34+,35+/m1/s1. The Labute approximate surface area is 274 Å². The van der Waals surface area contributed by atoms with Crippen LogP contribution in [0, 0.1) is 34.0 Å². The molecule has 5 N–H and O–H groups in total. The second-order valence-electron chi connectivity index (χ2n) is 15.5. The van der Waals surface area contributed by atoms with Crippen LogP contribution >= 0.6 is 11.8 Å². The highest BCUT2D eigenvalue weighted by Crippen LogP contribution is 2.67. The van der Waals surface area contributed by atoms with Crippen molar-refractivity contribution in [2.75, 3.05) is 31.9 Å². The third-order valence-electron chi connectivity index (χ3n) is 12.6. The summed E-state index contributed by atoms with van der Waals surface area (Å²) in [4.78, 5) is 27.4. The lowest BCUT2D eigenvalue weighted by atomic mass is 9.44. The van der Waals surface area contributed by atoms with Gasteiger partial charge < -0.3 is 26.2 Å². The molecule has 0 aromatic rings. The maximum Gasteiger partial charge on any atom is 0.316 e. The van der Waals surface area contributed by atoms with Crippen molar-refractivity contribution in [1.82, 2.24) is 10.6 Å². The molecule has 4 aliphatic carbocycles. The van der Waals surface area contributed by atoms with Gasteiger partial charge in [-0.2, -0.15) is 0 Å². The molecule has 0 spiro atoms. The van der Waals surface area contributed by atoms with Crippen LogP contribution in [0.5, 0.6) is 0 Å². The summed E-state index contributed by atoms with van der Waals surface area (Å²) >= 11 is 1.57. The minimum Gasteiger partial charge on any atom is -0.461 e. The Kier molecular flexibility index (Phi) is 13.2. The first-order valence-corrected chi connectivity index (χ1v) is 18.9. The number of unbranched alkanes of at least 4 members (excludes halogenated alkanes) is 3. The number of hydrogen-bond acceptors (Lipinski definition) is 8. The van der Waals surface area contributed by atoms with Gasteiger partial charge in [-0.15, -0.1) is 11.8 Å². The molecule has 0 amide bonds. The first kappa shape index (κ1) is 37.0. The Morgan fingerprint density at radius 3 is 2.62 bits per heavy atom. The molecule has 0 aromatic heterocycles. The van der Waals surface area contributed by atoms with Gasteiger partial charge in [0, 0.05) is 41.0 Å². The third kappa shape index (κ3) is 8.26. The average molecular weight is 658 g/mol. The zero-order chi connectivity index (χ0) is 32.8. The van der Waals surface area contributed by atoms with Crippen molar-refractivity contribution in [2.24, 2.45) is 39.7 Å². The van der Waals surface area contributed by atoms with E-state index < -0.39 is 29.5 Å². The topological polar surface area (TPSA) is 114 Å². The number of aliphatic hydroxyl groups is 1. The summed E-state index contributed by atoms with van der Waals surface area (Å²) in [5.74, 6) is 0.119. The van der Waals surface area contributed by atoms with Gasteiger partial charge in [0.05, 0.1) is 18.4 Å². The van der Waals surface area contributed by atoms with Gasteiger partial charge in [-0.25, -0.2) is 8.78 Å². The maximum absolute atomic E-state index is 13.8. The molecule has 10 heteroatoms. The van der Waals surface area contributed by atoms with Crippen LogP contribution in [0.3, 0.4) is 0 Å². The van der Waals surface area contributed by atoms with Gasteiger partial charge in [-0.3, -0.25) is 9.59 Å². The molecule has 2 bridgehead atoms. The summed E-state index contributed by atoms with van der Waals surface area (Å²) in [5, 5.41) is 19.0.